The Kier molecular flexibility index (Phi) is 3.60. The van der Waals surface area contributed by atoms with Gasteiger partial charge in [-0.15, -0.1) is 0 Å². The van der Waals surface area contributed by atoms with Crippen molar-refractivity contribution in [3.63, 3.8) is 0 Å². The SMILES string of the molecule is Nc1cccc(O)c1CNc1cc([N+](=O)[O-])ccc1O. The van der Waals surface area contributed by atoms with Crippen LogP contribution in [0.1, 0.15) is 5.56 Å². The van der Waals surface area contributed by atoms with Gasteiger partial charge in [0.1, 0.15) is 11.5 Å². The highest BCUT2D eigenvalue weighted by atomic mass is 16.6. The summed E-state index contributed by atoms with van der Waals surface area (Å²) < 4.78 is 0. The van der Waals surface area contributed by atoms with Crippen molar-refractivity contribution in [3.8, 4) is 11.5 Å². The lowest BCUT2D eigenvalue weighted by Gasteiger charge is -2.11. The minimum absolute atomic E-state index is 0.0161. The predicted octanol–water partition coefficient (Wildman–Crippen LogP) is 2.20. The number of nitro benzene ring substituents is 1. The van der Waals surface area contributed by atoms with Gasteiger partial charge in [0.15, 0.2) is 0 Å². The Morgan fingerprint density at radius 1 is 1.20 bits per heavy atom. The molecule has 0 aliphatic carbocycles. The summed E-state index contributed by atoms with van der Waals surface area (Å²) in [7, 11) is 0. The fraction of sp³-hybridized carbons (Fsp3) is 0.0769. The van der Waals surface area contributed by atoms with Crippen molar-refractivity contribution in [3.05, 3.63) is 52.1 Å². The van der Waals surface area contributed by atoms with Gasteiger partial charge < -0.3 is 21.3 Å². The van der Waals surface area contributed by atoms with Crippen LogP contribution in [0.15, 0.2) is 36.4 Å². The summed E-state index contributed by atoms with van der Waals surface area (Å²) in [4.78, 5) is 10.1. The van der Waals surface area contributed by atoms with Crippen LogP contribution in [0.25, 0.3) is 0 Å². The zero-order valence-electron chi connectivity index (χ0n) is 10.4. The average molecular weight is 275 g/mol. The van der Waals surface area contributed by atoms with E-state index in [1.54, 1.807) is 12.1 Å². The highest BCUT2D eigenvalue weighted by molar-refractivity contribution is 5.62. The van der Waals surface area contributed by atoms with Crippen LogP contribution in [0.3, 0.4) is 0 Å². The number of aromatic hydroxyl groups is 2. The molecule has 0 unspecified atom stereocenters. The molecule has 0 fully saturated rings. The number of anilines is 2. The maximum atomic E-state index is 10.7. The van der Waals surface area contributed by atoms with Gasteiger partial charge in [-0.1, -0.05) is 6.07 Å². The van der Waals surface area contributed by atoms with Gasteiger partial charge in [-0.2, -0.15) is 0 Å². The summed E-state index contributed by atoms with van der Waals surface area (Å²) in [5.41, 5.74) is 6.63. The van der Waals surface area contributed by atoms with Crippen LogP contribution >= 0.6 is 0 Å². The standard InChI is InChI=1S/C13H13N3O4/c14-10-2-1-3-12(17)9(10)7-15-11-6-8(16(19)20)4-5-13(11)18/h1-6,15,17-18H,7,14H2. The second-order valence-electron chi connectivity index (χ2n) is 4.16. The molecule has 0 spiro atoms. The number of nitro groups is 1. The fourth-order valence-corrected chi connectivity index (χ4v) is 1.75. The van der Waals surface area contributed by atoms with E-state index < -0.39 is 4.92 Å². The van der Waals surface area contributed by atoms with E-state index in [1.807, 2.05) is 0 Å². The molecule has 0 aliphatic rings. The smallest absolute Gasteiger partial charge is 0.271 e. The number of hydrogen-bond donors (Lipinski definition) is 4. The molecule has 0 bridgehead atoms. The molecule has 7 heteroatoms. The molecule has 2 aromatic carbocycles. The first kappa shape index (κ1) is 13.5. The largest absolute Gasteiger partial charge is 0.508 e. The first-order chi connectivity index (χ1) is 9.49. The quantitative estimate of drug-likeness (QED) is 0.294. The van der Waals surface area contributed by atoms with E-state index in [9.17, 15) is 20.3 Å². The third-order valence-corrected chi connectivity index (χ3v) is 2.83. The fourth-order valence-electron chi connectivity index (χ4n) is 1.75. The van der Waals surface area contributed by atoms with Crippen LogP contribution in [0.2, 0.25) is 0 Å². The monoisotopic (exact) mass is 275 g/mol. The van der Waals surface area contributed by atoms with Gasteiger partial charge in [0, 0.05) is 29.9 Å². The van der Waals surface area contributed by atoms with Gasteiger partial charge in [0.25, 0.3) is 5.69 Å². The number of phenols is 2. The maximum absolute atomic E-state index is 10.7. The molecule has 2 rings (SSSR count). The lowest BCUT2D eigenvalue weighted by atomic mass is 10.1. The van der Waals surface area contributed by atoms with Gasteiger partial charge in [0.05, 0.1) is 10.6 Å². The van der Waals surface area contributed by atoms with Gasteiger partial charge in [-0.3, -0.25) is 10.1 Å². The van der Waals surface area contributed by atoms with Gasteiger partial charge in [0.2, 0.25) is 0 Å². The third-order valence-electron chi connectivity index (χ3n) is 2.83. The Balaban J connectivity index is 2.23. The second kappa shape index (κ2) is 5.35. The molecular formula is C13H13N3O4. The molecule has 104 valence electrons. The first-order valence-electron chi connectivity index (χ1n) is 5.76. The number of nitrogen functional groups attached to an aromatic ring is 1. The van der Waals surface area contributed by atoms with Crippen LogP contribution in [-0.2, 0) is 6.54 Å². The summed E-state index contributed by atoms with van der Waals surface area (Å²) in [5, 5.41) is 32.8. The summed E-state index contributed by atoms with van der Waals surface area (Å²) in [5.74, 6) is -0.105. The summed E-state index contributed by atoms with van der Waals surface area (Å²) in [6.45, 7) is 0.132. The van der Waals surface area contributed by atoms with Crippen molar-refractivity contribution in [2.24, 2.45) is 0 Å². The number of benzene rings is 2. The Morgan fingerprint density at radius 2 is 1.95 bits per heavy atom. The zero-order valence-corrected chi connectivity index (χ0v) is 10.4. The van der Waals surface area contributed by atoms with E-state index in [0.717, 1.165) is 0 Å². The lowest BCUT2D eigenvalue weighted by molar-refractivity contribution is -0.384. The summed E-state index contributed by atoms with van der Waals surface area (Å²) in [6.07, 6.45) is 0. The predicted molar refractivity (Wildman–Crippen MR) is 74.6 cm³/mol. The number of hydrogen-bond acceptors (Lipinski definition) is 6. The van der Waals surface area contributed by atoms with Gasteiger partial charge in [-0.05, 0) is 18.2 Å². The Bertz CT molecular complexity index is 638. The maximum Gasteiger partial charge on any atom is 0.271 e. The average Bonchev–Trinajstić information content (AvgIpc) is 2.39. The Labute approximate surface area is 114 Å². The van der Waals surface area contributed by atoms with Crippen molar-refractivity contribution in [2.45, 2.75) is 6.54 Å². The molecule has 7 nitrogen and oxygen atoms in total. The number of nitrogens with one attached hydrogen (secondary N) is 1. The molecule has 0 saturated carbocycles. The van der Waals surface area contributed by atoms with Crippen LogP contribution in [0.4, 0.5) is 17.1 Å². The van der Waals surface area contributed by atoms with E-state index in [2.05, 4.69) is 5.32 Å². The number of nitrogens with zero attached hydrogens (tertiary/aromatic N) is 1. The Hall–Kier alpha value is -2.96. The van der Waals surface area contributed by atoms with Crippen molar-refractivity contribution >= 4 is 17.1 Å². The number of nitrogens with two attached hydrogens (primary N) is 1. The minimum atomic E-state index is -0.557. The molecule has 0 saturated heterocycles. The molecule has 0 aromatic heterocycles. The molecule has 0 heterocycles. The third kappa shape index (κ3) is 2.72. The summed E-state index contributed by atoms with van der Waals surface area (Å²) in [6, 6.07) is 8.37. The van der Waals surface area contributed by atoms with E-state index in [-0.39, 0.29) is 29.4 Å². The molecular weight excluding hydrogens is 262 g/mol. The normalized spacial score (nSPS) is 10.2. The molecule has 5 N–H and O–H groups in total. The molecule has 0 amide bonds. The number of rotatable bonds is 4. The van der Waals surface area contributed by atoms with Crippen molar-refractivity contribution in [1.29, 1.82) is 0 Å². The molecule has 0 aliphatic heterocycles. The van der Waals surface area contributed by atoms with Crippen LogP contribution < -0.4 is 11.1 Å². The number of non-ortho nitro benzene ring substituents is 1. The minimum Gasteiger partial charge on any atom is -0.508 e. The van der Waals surface area contributed by atoms with Crippen molar-refractivity contribution < 1.29 is 15.1 Å². The van der Waals surface area contributed by atoms with E-state index >= 15 is 0 Å². The van der Waals surface area contributed by atoms with Crippen molar-refractivity contribution in [2.75, 3.05) is 11.1 Å². The molecule has 0 radical (unpaired) electrons. The molecule has 20 heavy (non-hydrogen) atoms. The van der Waals surface area contributed by atoms with Crippen LogP contribution in [0.5, 0.6) is 11.5 Å². The topological polar surface area (TPSA) is 122 Å². The first-order valence-corrected chi connectivity index (χ1v) is 5.76. The molecule has 0 atom stereocenters. The van der Waals surface area contributed by atoms with E-state index in [0.29, 0.717) is 11.3 Å². The zero-order chi connectivity index (χ0) is 14.7. The van der Waals surface area contributed by atoms with Crippen LogP contribution in [-0.4, -0.2) is 15.1 Å². The number of phenolic OH excluding ortho intramolecular Hbond substituents is 2. The second-order valence-corrected chi connectivity index (χ2v) is 4.16. The Morgan fingerprint density at radius 3 is 2.60 bits per heavy atom. The van der Waals surface area contributed by atoms with Gasteiger partial charge >= 0.3 is 0 Å². The van der Waals surface area contributed by atoms with Gasteiger partial charge in [-0.25, -0.2) is 0 Å². The van der Waals surface area contributed by atoms with Crippen LogP contribution in [0, 0.1) is 10.1 Å². The highest BCUT2D eigenvalue weighted by Crippen LogP contribution is 2.30. The van der Waals surface area contributed by atoms with Crippen molar-refractivity contribution in [1.82, 2.24) is 0 Å². The molecule has 2 aromatic rings. The lowest BCUT2D eigenvalue weighted by Crippen LogP contribution is -2.04. The highest BCUT2D eigenvalue weighted by Gasteiger charge is 2.11. The van der Waals surface area contributed by atoms with E-state index in [4.69, 9.17) is 5.73 Å². The van der Waals surface area contributed by atoms with E-state index in [1.165, 1.54) is 24.3 Å². The summed E-state index contributed by atoms with van der Waals surface area (Å²) >= 11 is 0.